The summed E-state index contributed by atoms with van der Waals surface area (Å²) in [5.41, 5.74) is 6.55. The van der Waals surface area contributed by atoms with E-state index in [0.717, 1.165) is 18.7 Å². The highest BCUT2D eigenvalue weighted by atomic mass is 35.5. The molecule has 0 aliphatic carbocycles. The third-order valence-corrected chi connectivity index (χ3v) is 2.86. The van der Waals surface area contributed by atoms with E-state index >= 15 is 0 Å². The number of hydrogen-bond acceptors (Lipinski definition) is 2. The van der Waals surface area contributed by atoms with Gasteiger partial charge in [-0.3, -0.25) is 0 Å². The van der Waals surface area contributed by atoms with E-state index < -0.39 is 0 Å². The number of benzene rings is 1. The van der Waals surface area contributed by atoms with Crippen LogP contribution in [0.25, 0.3) is 0 Å². The van der Waals surface area contributed by atoms with Gasteiger partial charge in [-0.05, 0) is 32.4 Å². The smallest absolute Gasteiger partial charge is 0.0823 e. The molecule has 0 aliphatic rings. The van der Waals surface area contributed by atoms with Gasteiger partial charge in [0.25, 0.3) is 0 Å². The molecule has 0 spiro atoms. The fourth-order valence-corrected chi connectivity index (χ4v) is 1.53. The van der Waals surface area contributed by atoms with Crippen LogP contribution in [0.1, 0.15) is 20.3 Å². The van der Waals surface area contributed by atoms with Crippen molar-refractivity contribution < 1.29 is 0 Å². The van der Waals surface area contributed by atoms with E-state index in [1.165, 1.54) is 0 Å². The van der Waals surface area contributed by atoms with Gasteiger partial charge in [0, 0.05) is 12.1 Å². The summed E-state index contributed by atoms with van der Waals surface area (Å²) in [4.78, 5) is 0. The van der Waals surface area contributed by atoms with Crippen molar-refractivity contribution in [2.45, 2.75) is 25.8 Å². The minimum atomic E-state index is -0.169. The molecule has 0 aromatic heterocycles. The van der Waals surface area contributed by atoms with E-state index in [-0.39, 0.29) is 5.54 Å². The Hall–Kier alpha value is -0.440. The molecule has 0 bridgehead atoms. The Labute approximate surface area is 101 Å². The highest BCUT2D eigenvalue weighted by Crippen LogP contribution is 2.29. The van der Waals surface area contributed by atoms with Crippen LogP contribution in [0.2, 0.25) is 10.0 Å². The topological polar surface area (TPSA) is 38.0 Å². The van der Waals surface area contributed by atoms with Crippen LogP contribution in [0.4, 0.5) is 5.69 Å². The Bertz CT molecular complexity index is 332. The first-order valence-electron chi connectivity index (χ1n) is 4.87. The maximum atomic E-state index is 6.02. The average Bonchev–Trinajstić information content (AvgIpc) is 2.10. The zero-order valence-electron chi connectivity index (χ0n) is 8.98. The van der Waals surface area contributed by atoms with Crippen molar-refractivity contribution in [3.63, 3.8) is 0 Å². The maximum absolute atomic E-state index is 6.02. The summed E-state index contributed by atoms with van der Waals surface area (Å²) in [5.74, 6) is 0. The molecule has 0 radical (unpaired) electrons. The predicted octanol–water partition coefficient (Wildman–Crippen LogP) is 3.53. The summed E-state index contributed by atoms with van der Waals surface area (Å²) in [7, 11) is 0. The van der Waals surface area contributed by atoms with E-state index in [9.17, 15) is 0 Å². The molecule has 4 heteroatoms. The van der Waals surface area contributed by atoms with Crippen LogP contribution in [-0.2, 0) is 0 Å². The highest BCUT2D eigenvalue weighted by Gasteiger charge is 2.10. The molecule has 0 aliphatic heterocycles. The van der Waals surface area contributed by atoms with Gasteiger partial charge in [0.1, 0.15) is 0 Å². The SMILES string of the molecule is CC(C)(N)CCNc1cccc(Cl)c1Cl. The van der Waals surface area contributed by atoms with Crippen molar-refractivity contribution in [1.29, 1.82) is 0 Å². The highest BCUT2D eigenvalue weighted by molar-refractivity contribution is 6.43. The quantitative estimate of drug-likeness (QED) is 0.854. The molecule has 1 rings (SSSR count). The molecule has 0 atom stereocenters. The number of hydrogen-bond donors (Lipinski definition) is 2. The minimum absolute atomic E-state index is 0.169. The number of anilines is 1. The fourth-order valence-electron chi connectivity index (χ4n) is 1.16. The Kier molecular flexibility index (Phi) is 4.26. The molecule has 3 N–H and O–H groups in total. The van der Waals surface area contributed by atoms with E-state index in [2.05, 4.69) is 5.32 Å². The summed E-state index contributed by atoms with van der Waals surface area (Å²) < 4.78 is 0. The summed E-state index contributed by atoms with van der Waals surface area (Å²) in [5, 5.41) is 4.34. The molecule has 0 unspecified atom stereocenters. The van der Waals surface area contributed by atoms with E-state index in [1.54, 1.807) is 6.07 Å². The van der Waals surface area contributed by atoms with Gasteiger partial charge >= 0.3 is 0 Å². The second-order valence-electron chi connectivity index (χ2n) is 4.27. The Morgan fingerprint density at radius 2 is 2.00 bits per heavy atom. The van der Waals surface area contributed by atoms with Gasteiger partial charge in [-0.15, -0.1) is 0 Å². The van der Waals surface area contributed by atoms with E-state index in [0.29, 0.717) is 10.0 Å². The first-order valence-corrected chi connectivity index (χ1v) is 5.62. The van der Waals surface area contributed by atoms with Gasteiger partial charge in [-0.2, -0.15) is 0 Å². The summed E-state index contributed by atoms with van der Waals surface area (Å²) >= 11 is 11.9. The number of nitrogens with one attached hydrogen (secondary N) is 1. The molecule has 2 nitrogen and oxygen atoms in total. The average molecular weight is 247 g/mol. The number of nitrogens with two attached hydrogens (primary N) is 1. The Balaban J connectivity index is 2.55. The van der Waals surface area contributed by atoms with Crippen LogP contribution in [0.5, 0.6) is 0 Å². The number of rotatable bonds is 4. The lowest BCUT2D eigenvalue weighted by atomic mass is 10.0. The fraction of sp³-hybridized carbons (Fsp3) is 0.455. The minimum Gasteiger partial charge on any atom is -0.384 e. The van der Waals surface area contributed by atoms with Crippen LogP contribution >= 0.6 is 23.2 Å². The van der Waals surface area contributed by atoms with Crippen molar-refractivity contribution >= 4 is 28.9 Å². The van der Waals surface area contributed by atoms with Crippen LogP contribution in [-0.4, -0.2) is 12.1 Å². The Morgan fingerprint density at radius 1 is 1.33 bits per heavy atom. The normalized spacial score (nSPS) is 11.5. The van der Waals surface area contributed by atoms with Gasteiger partial charge in [-0.1, -0.05) is 29.3 Å². The van der Waals surface area contributed by atoms with Crippen molar-refractivity contribution in [2.75, 3.05) is 11.9 Å². The lowest BCUT2D eigenvalue weighted by Crippen LogP contribution is -2.34. The van der Waals surface area contributed by atoms with Crippen molar-refractivity contribution in [3.05, 3.63) is 28.2 Å². The van der Waals surface area contributed by atoms with E-state index in [1.807, 2.05) is 26.0 Å². The zero-order chi connectivity index (χ0) is 11.5. The van der Waals surface area contributed by atoms with Gasteiger partial charge in [-0.25, -0.2) is 0 Å². The number of halogens is 2. The first-order chi connectivity index (χ1) is 6.90. The molecule has 84 valence electrons. The second kappa shape index (κ2) is 5.06. The molecule has 0 saturated carbocycles. The van der Waals surface area contributed by atoms with Gasteiger partial charge in [0.2, 0.25) is 0 Å². The largest absolute Gasteiger partial charge is 0.384 e. The molecule has 15 heavy (non-hydrogen) atoms. The third-order valence-electron chi connectivity index (χ3n) is 2.04. The van der Waals surface area contributed by atoms with Crippen LogP contribution in [0, 0.1) is 0 Å². The van der Waals surface area contributed by atoms with Gasteiger partial charge < -0.3 is 11.1 Å². The van der Waals surface area contributed by atoms with Crippen LogP contribution in [0.15, 0.2) is 18.2 Å². The molecule has 0 amide bonds. The summed E-state index contributed by atoms with van der Waals surface area (Å²) in [6.45, 7) is 4.77. The third kappa shape index (κ3) is 4.29. The summed E-state index contributed by atoms with van der Waals surface area (Å²) in [6, 6.07) is 5.53. The molecule has 0 heterocycles. The zero-order valence-corrected chi connectivity index (χ0v) is 10.5. The Morgan fingerprint density at radius 3 is 2.60 bits per heavy atom. The standard InChI is InChI=1S/C11H16Cl2N2/c1-11(2,14)6-7-15-9-5-3-4-8(12)10(9)13/h3-5,15H,6-7,14H2,1-2H3. The van der Waals surface area contributed by atoms with Crippen molar-refractivity contribution in [1.82, 2.24) is 0 Å². The van der Waals surface area contributed by atoms with E-state index in [4.69, 9.17) is 28.9 Å². The molecule has 1 aromatic rings. The molecular formula is C11H16Cl2N2. The van der Waals surface area contributed by atoms with Crippen molar-refractivity contribution in [3.8, 4) is 0 Å². The maximum Gasteiger partial charge on any atom is 0.0823 e. The van der Waals surface area contributed by atoms with Gasteiger partial charge in [0.05, 0.1) is 15.7 Å². The van der Waals surface area contributed by atoms with Crippen molar-refractivity contribution in [2.24, 2.45) is 5.73 Å². The second-order valence-corrected chi connectivity index (χ2v) is 5.05. The monoisotopic (exact) mass is 246 g/mol. The lowest BCUT2D eigenvalue weighted by Gasteiger charge is -2.19. The molecule has 1 aromatic carbocycles. The van der Waals surface area contributed by atoms with Crippen LogP contribution < -0.4 is 11.1 Å². The van der Waals surface area contributed by atoms with Gasteiger partial charge in [0.15, 0.2) is 0 Å². The predicted molar refractivity (Wildman–Crippen MR) is 67.8 cm³/mol. The molecule has 0 fully saturated rings. The molecular weight excluding hydrogens is 231 g/mol. The molecule has 0 saturated heterocycles. The van der Waals surface area contributed by atoms with Crippen LogP contribution in [0.3, 0.4) is 0 Å². The first kappa shape index (κ1) is 12.6. The summed E-state index contributed by atoms with van der Waals surface area (Å²) in [6.07, 6.45) is 0.871. The lowest BCUT2D eigenvalue weighted by molar-refractivity contribution is 0.491.